The van der Waals surface area contributed by atoms with Gasteiger partial charge >= 0.3 is 5.97 Å². The first-order chi connectivity index (χ1) is 7.54. The highest BCUT2D eigenvalue weighted by atomic mass is 19.1. The van der Waals surface area contributed by atoms with Gasteiger partial charge in [0, 0.05) is 6.42 Å². The summed E-state index contributed by atoms with van der Waals surface area (Å²) in [5.74, 6) is -0.766. The Bertz CT molecular complexity index is 408. The molecule has 16 heavy (non-hydrogen) atoms. The maximum atomic E-state index is 12.9. The molecule has 0 radical (unpaired) electrons. The lowest BCUT2D eigenvalue weighted by molar-refractivity contribution is -0.140. The van der Waals surface area contributed by atoms with Crippen molar-refractivity contribution in [3.8, 4) is 0 Å². The third kappa shape index (κ3) is 1.94. The van der Waals surface area contributed by atoms with Crippen LogP contribution in [0.15, 0.2) is 24.3 Å². The predicted molar refractivity (Wildman–Crippen MR) is 59.3 cm³/mol. The molecule has 1 aliphatic rings. The van der Waals surface area contributed by atoms with Gasteiger partial charge in [0.1, 0.15) is 6.17 Å². The number of hydrogen-bond donors (Lipinski definition) is 1. The quantitative estimate of drug-likeness (QED) is 0.850. The molecular weight excluding hydrogens is 207 g/mol. The van der Waals surface area contributed by atoms with Crippen LogP contribution >= 0.6 is 0 Å². The molecule has 86 valence electrons. The molecule has 1 saturated carbocycles. The van der Waals surface area contributed by atoms with E-state index in [0.29, 0.717) is 19.3 Å². The van der Waals surface area contributed by atoms with Crippen LogP contribution in [-0.4, -0.2) is 17.2 Å². The summed E-state index contributed by atoms with van der Waals surface area (Å²) in [6.45, 7) is 1.51. The van der Waals surface area contributed by atoms with Gasteiger partial charge in [-0.05, 0) is 30.9 Å². The zero-order valence-electron chi connectivity index (χ0n) is 9.24. The van der Waals surface area contributed by atoms with Crippen molar-refractivity contribution in [1.82, 2.24) is 0 Å². The van der Waals surface area contributed by atoms with Crippen molar-refractivity contribution >= 4 is 5.97 Å². The highest BCUT2D eigenvalue weighted by Crippen LogP contribution is 2.48. The van der Waals surface area contributed by atoms with Crippen molar-refractivity contribution in [3.05, 3.63) is 35.4 Å². The molecular formula is C13H15FO2. The van der Waals surface area contributed by atoms with Crippen molar-refractivity contribution in [2.75, 3.05) is 0 Å². The van der Waals surface area contributed by atoms with Gasteiger partial charge in [0.15, 0.2) is 0 Å². The van der Waals surface area contributed by atoms with E-state index in [1.807, 2.05) is 24.3 Å². The topological polar surface area (TPSA) is 37.3 Å². The lowest BCUT2D eigenvalue weighted by Gasteiger charge is -2.12. The summed E-state index contributed by atoms with van der Waals surface area (Å²) in [4.78, 5) is 11.1. The summed E-state index contributed by atoms with van der Waals surface area (Å²) < 4.78 is 12.9. The number of halogens is 1. The van der Waals surface area contributed by atoms with Crippen LogP contribution in [0.5, 0.6) is 0 Å². The van der Waals surface area contributed by atoms with Gasteiger partial charge in [0.2, 0.25) is 0 Å². The number of hydrogen-bond acceptors (Lipinski definition) is 1. The Balaban J connectivity index is 2.26. The Kier molecular flexibility index (Phi) is 2.70. The third-order valence-corrected chi connectivity index (χ3v) is 3.16. The predicted octanol–water partition coefficient (Wildman–Crippen LogP) is 2.70. The minimum atomic E-state index is -0.893. The monoisotopic (exact) mass is 222 g/mol. The van der Waals surface area contributed by atoms with Gasteiger partial charge in [-0.15, -0.1) is 0 Å². The fourth-order valence-corrected chi connectivity index (χ4v) is 2.07. The molecule has 0 aromatic heterocycles. The van der Waals surface area contributed by atoms with Crippen LogP contribution in [0, 0.1) is 0 Å². The van der Waals surface area contributed by atoms with Gasteiger partial charge < -0.3 is 5.11 Å². The second kappa shape index (κ2) is 3.89. The van der Waals surface area contributed by atoms with Crippen LogP contribution in [0.1, 0.15) is 30.9 Å². The van der Waals surface area contributed by atoms with Gasteiger partial charge in [-0.3, -0.25) is 4.79 Å². The van der Waals surface area contributed by atoms with E-state index < -0.39 is 17.6 Å². The van der Waals surface area contributed by atoms with Crippen LogP contribution in [0.25, 0.3) is 0 Å². The summed E-state index contributed by atoms with van der Waals surface area (Å²) in [6.07, 6.45) is 0.840. The fraction of sp³-hybridized carbons (Fsp3) is 0.462. The summed E-state index contributed by atoms with van der Waals surface area (Å²) in [7, 11) is 0. The molecule has 1 aliphatic carbocycles. The van der Waals surface area contributed by atoms with Crippen molar-refractivity contribution in [2.24, 2.45) is 0 Å². The van der Waals surface area contributed by atoms with Crippen LogP contribution in [0.3, 0.4) is 0 Å². The lowest BCUT2D eigenvalue weighted by atomic mass is 9.93. The van der Waals surface area contributed by atoms with E-state index in [4.69, 9.17) is 5.11 Å². The second-order valence-electron chi connectivity index (χ2n) is 4.57. The summed E-state index contributed by atoms with van der Waals surface area (Å²) in [5, 5.41) is 9.16. The molecule has 0 bridgehead atoms. The Labute approximate surface area is 94.1 Å². The standard InChI is InChI=1S/C13H15FO2/c1-9(14)7-10-3-2-4-11(8-10)13(5-6-13)12(15)16/h2-4,8-9H,5-7H2,1H3,(H,15,16). The molecule has 1 atom stereocenters. The largest absolute Gasteiger partial charge is 0.481 e. The molecule has 3 heteroatoms. The van der Waals surface area contributed by atoms with Crippen molar-refractivity contribution < 1.29 is 14.3 Å². The van der Waals surface area contributed by atoms with E-state index in [0.717, 1.165) is 11.1 Å². The van der Waals surface area contributed by atoms with Crippen LogP contribution in [0.2, 0.25) is 0 Å². The van der Waals surface area contributed by atoms with E-state index in [-0.39, 0.29) is 0 Å². The Hall–Kier alpha value is -1.38. The van der Waals surface area contributed by atoms with Crippen molar-refractivity contribution in [2.45, 2.75) is 37.8 Å². The normalized spacial score (nSPS) is 19.1. The van der Waals surface area contributed by atoms with Crippen molar-refractivity contribution in [3.63, 3.8) is 0 Å². The SMILES string of the molecule is CC(F)Cc1cccc(C2(C(=O)O)CC2)c1. The minimum absolute atomic E-state index is 0.351. The maximum Gasteiger partial charge on any atom is 0.314 e. The minimum Gasteiger partial charge on any atom is -0.481 e. The Morgan fingerprint density at radius 2 is 2.25 bits per heavy atom. The highest BCUT2D eigenvalue weighted by Gasteiger charge is 2.51. The first-order valence-electron chi connectivity index (χ1n) is 5.51. The van der Waals surface area contributed by atoms with Gasteiger partial charge in [0.05, 0.1) is 5.41 Å². The van der Waals surface area contributed by atoms with E-state index in [1.165, 1.54) is 6.92 Å². The van der Waals surface area contributed by atoms with E-state index >= 15 is 0 Å². The molecule has 0 amide bonds. The molecule has 0 saturated heterocycles. The second-order valence-corrected chi connectivity index (χ2v) is 4.57. The van der Waals surface area contributed by atoms with Crippen molar-refractivity contribution in [1.29, 1.82) is 0 Å². The van der Waals surface area contributed by atoms with E-state index in [1.54, 1.807) is 0 Å². The average Bonchev–Trinajstić information content (AvgIpc) is 2.97. The Morgan fingerprint density at radius 1 is 1.56 bits per heavy atom. The number of carboxylic acid groups (broad SMARTS) is 1. The van der Waals surface area contributed by atoms with Crippen LogP contribution in [-0.2, 0) is 16.6 Å². The number of aliphatic carboxylic acids is 1. The molecule has 0 spiro atoms. The average molecular weight is 222 g/mol. The lowest BCUT2D eigenvalue weighted by Crippen LogP contribution is -2.19. The van der Waals surface area contributed by atoms with Crippen LogP contribution in [0.4, 0.5) is 4.39 Å². The molecule has 1 fully saturated rings. The van der Waals surface area contributed by atoms with Gasteiger partial charge in [0.25, 0.3) is 0 Å². The number of carbonyl (C=O) groups is 1. The summed E-state index contributed by atoms with van der Waals surface area (Å²) in [5.41, 5.74) is 1.01. The maximum absolute atomic E-state index is 12.9. The molecule has 0 heterocycles. The fourth-order valence-electron chi connectivity index (χ4n) is 2.07. The molecule has 2 nitrogen and oxygen atoms in total. The number of rotatable bonds is 4. The van der Waals surface area contributed by atoms with Crippen LogP contribution < -0.4 is 0 Å². The third-order valence-electron chi connectivity index (χ3n) is 3.16. The molecule has 0 aliphatic heterocycles. The highest BCUT2D eigenvalue weighted by molar-refractivity contribution is 5.84. The number of carboxylic acids is 1. The summed E-state index contributed by atoms with van der Waals surface area (Å²) >= 11 is 0. The van der Waals surface area contributed by atoms with Gasteiger partial charge in [-0.2, -0.15) is 0 Å². The Morgan fingerprint density at radius 3 is 2.75 bits per heavy atom. The first-order valence-corrected chi connectivity index (χ1v) is 5.51. The zero-order chi connectivity index (χ0) is 11.8. The molecule has 1 aromatic rings. The molecule has 1 unspecified atom stereocenters. The zero-order valence-corrected chi connectivity index (χ0v) is 9.24. The smallest absolute Gasteiger partial charge is 0.314 e. The molecule has 2 rings (SSSR count). The first kappa shape index (κ1) is 11.1. The van der Waals surface area contributed by atoms with Gasteiger partial charge in [-0.1, -0.05) is 24.3 Å². The molecule has 1 N–H and O–H groups in total. The van der Waals surface area contributed by atoms with Gasteiger partial charge in [-0.25, -0.2) is 4.39 Å². The number of alkyl halides is 1. The molecule has 1 aromatic carbocycles. The number of benzene rings is 1. The summed E-state index contributed by atoms with van der Waals surface area (Å²) in [6, 6.07) is 7.32. The van der Waals surface area contributed by atoms with E-state index in [2.05, 4.69) is 0 Å². The van der Waals surface area contributed by atoms with E-state index in [9.17, 15) is 9.18 Å².